The Bertz CT molecular complexity index is 716. The van der Waals surface area contributed by atoms with Crippen LogP contribution in [0.5, 0.6) is 5.75 Å². The van der Waals surface area contributed by atoms with Crippen LogP contribution in [0.25, 0.3) is 0 Å². The van der Waals surface area contributed by atoms with E-state index in [1.165, 1.54) is 11.1 Å². The molecule has 1 heterocycles. The van der Waals surface area contributed by atoms with Gasteiger partial charge < -0.3 is 19.9 Å². The van der Waals surface area contributed by atoms with Gasteiger partial charge in [-0.2, -0.15) is 0 Å². The molecule has 2 amide bonds. The molecule has 0 radical (unpaired) electrons. The first kappa shape index (κ1) is 19.2. The van der Waals surface area contributed by atoms with Crippen LogP contribution in [0.1, 0.15) is 30.0 Å². The molecule has 0 saturated carbocycles. The van der Waals surface area contributed by atoms with Crippen molar-refractivity contribution in [2.45, 2.75) is 25.4 Å². The minimum absolute atomic E-state index is 0.00784. The van der Waals surface area contributed by atoms with Gasteiger partial charge in [-0.25, -0.2) is 4.79 Å². The van der Waals surface area contributed by atoms with Crippen molar-refractivity contribution < 1.29 is 9.53 Å². The lowest BCUT2D eigenvalue weighted by Crippen LogP contribution is -2.41. The quantitative estimate of drug-likeness (QED) is 0.760. The van der Waals surface area contributed by atoms with Gasteiger partial charge in [0.25, 0.3) is 0 Å². The van der Waals surface area contributed by atoms with Gasteiger partial charge in [0.1, 0.15) is 12.4 Å². The number of hydrogen-bond acceptors (Lipinski definition) is 3. The number of nitrogens with zero attached hydrogens (tertiary/aromatic N) is 2. The number of ether oxygens (including phenoxy) is 1. The highest BCUT2D eigenvalue weighted by Gasteiger charge is 2.29. The van der Waals surface area contributed by atoms with Crippen LogP contribution in [0.4, 0.5) is 4.79 Å². The minimum atomic E-state index is -0.00784. The molecule has 0 aliphatic carbocycles. The number of amides is 2. The molecule has 0 bridgehead atoms. The van der Waals surface area contributed by atoms with Crippen LogP contribution in [0, 0.1) is 0 Å². The average Bonchev–Trinajstić information content (AvgIpc) is 3.16. The molecule has 5 heteroatoms. The molecule has 144 valence electrons. The lowest BCUT2D eigenvalue weighted by molar-refractivity contribution is 0.190. The number of benzene rings is 2. The van der Waals surface area contributed by atoms with Gasteiger partial charge in [-0.3, -0.25) is 0 Å². The predicted octanol–water partition coefficient (Wildman–Crippen LogP) is 3.67. The number of nitrogens with one attached hydrogen (secondary N) is 1. The van der Waals surface area contributed by atoms with Crippen LogP contribution >= 0.6 is 0 Å². The van der Waals surface area contributed by atoms with Crippen molar-refractivity contribution in [1.82, 2.24) is 15.1 Å². The van der Waals surface area contributed by atoms with Crippen LogP contribution in [0.2, 0.25) is 0 Å². The maximum atomic E-state index is 12.6. The Labute approximate surface area is 161 Å². The fourth-order valence-electron chi connectivity index (χ4n) is 3.51. The van der Waals surface area contributed by atoms with E-state index in [4.69, 9.17) is 4.74 Å². The zero-order valence-electron chi connectivity index (χ0n) is 16.2. The average molecular weight is 367 g/mol. The molecule has 27 heavy (non-hydrogen) atoms. The van der Waals surface area contributed by atoms with E-state index in [-0.39, 0.29) is 12.1 Å². The molecule has 2 aromatic carbocycles. The van der Waals surface area contributed by atoms with E-state index in [1.807, 2.05) is 35.2 Å². The maximum absolute atomic E-state index is 12.6. The Morgan fingerprint density at radius 2 is 1.89 bits per heavy atom. The van der Waals surface area contributed by atoms with Crippen molar-refractivity contribution in [3.05, 3.63) is 65.7 Å². The molecule has 2 aromatic rings. The van der Waals surface area contributed by atoms with Crippen LogP contribution in [0.15, 0.2) is 54.6 Å². The van der Waals surface area contributed by atoms with Crippen LogP contribution in [-0.4, -0.2) is 49.6 Å². The number of rotatable bonds is 7. The molecule has 0 spiro atoms. The Hall–Kier alpha value is -2.53. The first-order valence-electron chi connectivity index (χ1n) is 9.59. The monoisotopic (exact) mass is 367 g/mol. The van der Waals surface area contributed by atoms with E-state index in [1.54, 1.807) is 0 Å². The van der Waals surface area contributed by atoms with Crippen LogP contribution in [-0.2, 0) is 6.54 Å². The second-order valence-electron chi connectivity index (χ2n) is 7.22. The molecule has 5 nitrogen and oxygen atoms in total. The summed E-state index contributed by atoms with van der Waals surface area (Å²) in [5.74, 6) is 0.823. The zero-order chi connectivity index (χ0) is 19.1. The molecule has 1 N–H and O–H groups in total. The molecular formula is C22H29N3O2. The smallest absolute Gasteiger partial charge is 0.318 e. The highest BCUT2D eigenvalue weighted by Crippen LogP contribution is 2.32. The summed E-state index contributed by atoms with van der Waals surface area (Å²) in [6, 6.07) is 18.5. The van der Waals surface area contributed by atoms with Crippen LogP contribution in [0.3, 0.4) is 0 Å². The van der Waals surface area contributed by atoms with Crippen LogP contribution < -0.4 is 10.1 Å². The predicted molar refractivity (Wildman–Crippen MR) is 108 cm³/mol. The van der Waals surface area contributed by atoms with Gasteiger partial charge in [0.2, 0.25) is 0 Å². The number of urea groups is 1. The molecule has 1 saturated heterocycles. The minimum Gasteiger partial charge on any atom is -0.492 e. The molecule has 3 rings (SSSR count). The highest BCUT2D eigenvalue weighted by molar-refractivity contribution is 5.75. The third-order valence-corrected chi connectivity index (χ3v) is 4.77. The lowest BCUT2D eigenvalue weighted by atomic mass is 10.0. The Kier molecular flexibility index (Phi) is 6.71. The van der Waals surface area contributed by atoms with Crippen molar-refractivity contribution in [2.75, 3.05) is 33.8 Å². The SMILES string of the molecule is CN(C)Cc1ccc([C@@H]2CCCN2C(=O)NCCOc2ccccc2)cc1. The lowest BCUT2D eigenvalue weighted by Gasteiger charge is -2.25. The normalized spacial score (nSPS) is 16.6. The van der Waals surface area contributed by atoms with Gasteiger partial charge in [-0.15, -0.1) is 0 Å². The van der Waals surface area contributed by atoms with E-state index >= 15 is 0 Å². The second kappa shape index (κ2) is 9.42. The summed E-state index contributed by atoms with van der Waals surface area (Å²) in [5, 5.41) is 2.99. The molecular weight excluding hydrogens is 338 g/mol. The van der Waals surface area contributed by atoms with Crippen molar-refractivity contribution in [3.63, 3.8) is 0 Å². The molecule has 0 unspecified atom stereocenters. The number of carbonyl (C=O) groups is 1. The van der Waals surface area contributed by atoms with Crippen molar-refractivity contribution in [3.8, 4) is 5.75 Å². The fraction of sp³-hybridized carbons (Fsp3) is 0.409. The summed E-state index contributed by atoms with van der Waals surface area (Å²) >= 11 is 0. The molecule has 1 aliphatic heterocycles. The third-order valence-electron chi connectivity index (χ3n) is 4.77. The first-order valence-corrected chi connectivity index (χ1v) is 9.59. The first-order chi connectivity index (χ1) is 13.1. The largest absolute Gasteiger partial charge is 0.492 e. The summed E-state index contributed by atoms with van der Waals surface area (Å²) in [4.78, 5) is 16.7. The number of likely N-dealkylation sites (tertiary alicyclic amines) is 1. The third kappa shape index (κ3) is 5.47. The Morgan fingerprint density at radius 3 is 2.59 bits per heavy atom. The van der Waals surface area contributed by atoms with Crippen molar-refractivity contribution >= 4 is 6.03 Å². The van der Waals surface area contributed by atoms with E-state index in [2.05, 4.69) is 48.6 Å². The number of para-hydroxylation sites is 1. The van der Waals surface area contributed by atoms with Gasteiger partial charge in [0.15, 0.2) is 0 Å². The molecule has 1 atom stereocenters. The Balaban J connectivity index is 1.50. The summed E-state index contributed by atoms with van der Waals surface area (Å²) < 4.78 is 5.64. The summed E-state index contributed by atoms with van der Waals surface area (Å²) in [6.07, 6.45) is 2.05. The maximum Gasteiger partial charge on any atom is 0.318 e. The van der Waals surface area contributed by atoms with Crippen molar-refractivity contribution in [2.24, 2.45) is 0 Å². The van der Waals surface area contributed by atoms with E-state index in [0.717, 1.165) is 31.7 Å². The summed E-state index contributed by atoms with van der Waals surface area (Å²) in [5.41, 5.74) is 2.50. The van der Waals surface area contributed by atoms with Gasteiger partial charge in [0, 0.05) is 13.1 Å². The van der Waals surface area contributed by atoms with Gasteiger partial charge in [0.05, 0.1) is 12.6 Å². The van der Waals surface area contributed by atoms with E-state index in [0.29, 0.717) is 13.2 Å². The fourth-order valence-corrected chi connectivity index (χ4v) is 3.51. The zero-order valence-corrected chi connectivity index (χ0v) is 16.2. The van der Waals surface area contributed by atoms with Gasteiger partial charge in [-0.1, -0.05) is 42.5 Å². The molecule has 1 fully saturated rings. The highest BCUT2D eigenvalue weighted by atomic mass is 16.5. The summed E-state index contributed by atoms with van der Waals surface area (Å²) in [7, 11) is 4.14. The summed E-state index contributed by atoms with van der Waals surface area (Å²) in [6.45, 7) is 2.69. The molecule has 1 aliphatic rings. The van der Waals surface area contributed by atoms with E-state index in [9.17, 15) is 4.79 Å². The number of carbonyl (C=O) groups excluding carboxylic acids is 1. The Morgan fingerprint density at radius 1 is 1.15 bits per heavy atom. The topological polar surface area (TPSA) is 44.8 Å². The number of hydrogen-bond donors (Lipinski definition) is 1. The standard InChI is InChI=1S/C22H29N3O2/c1-24(2)17-18-10-12-19(13-11-18)21-9-6-15-25(21)22(26)23-14-16-27-20-7-4-3-5-8-20/h3-5,7-8,10-13,21H,6,9,14-17H2,1-2H3,(H,23,26)/t21-/m0/s1. The second-order valence-corrected chi connectivity index (χ2v) is 7.22. The van der Waals surface area contributed by atoms with Gasteiger partial charge in [-0.05, 0) is 50.2 Å². The van der Waals surface area contributed by atoms with Gasteiger partial charge >= 0.3 is 6.03 Å². The molecule has 0 aromatic heterocycles. The van der Waals surface area contributed by atoms with E-state index < -0.39 is 0 Å². The van der Waals surface area contributed by atoms with Crippen molar-refractivity contribution in [1.29, 1.82) is 0 Å².